The van der Waals surface area contributed by atoms with E-state index in [0.717, 1.165) is 17.8 Å². The molecule has 1 aromatic rings. The van der Waals surface area contributed by atoms with Gasteiger partial charge < -0.3 is 10.2 Å². The Morgan fingerprint density at radius 2 is 2.18 bits per heavy atom. The second-order valence-corrected chi connectivity index (χ2v) is 4.71. The van der Waals surface area contributed by atoms with Crippen LogP contribution in [0.15, 0.2) is 18.2 Å². The summed E-state index contributed by atoms with van der Waals surface area (Å²) in [6.45, 7) is 3.51. The molecule has 0 aliphatic heterocycles. The molecule has 0 bridgehead atoms. The highest BCUT2D eigenvalue weighted by molar-refractivity contribution is 5.54. The Bertz CT molecular complexity index is 374. The van der Waals surface area contributed by atoms with E-state index in [1.165, 1.54) is 19.3 Å². The zero-order valence-corrected chi connectivity index (χ0v) is 10.7. The zero-order chi connectivity index (χ0) is 12.3. The van der Waals surface area contributed by atoms with Crippen LogP contribution in [0.5, 0.6) is 0 Å². The van der Waals surface area contributed by atoms with Crippen LogP contribution in [0.4, 0.5) is 10.1 Å². The summed E-state index contributed by atoms with van der Waals surface area (Å²) >= 11 is 0. The van der Waals surface area contributed by atoms with Crippen molar-refractivity contribution in [2.75, 3.05) is 18.5 Å². The highest BCUT2D eigenvalue weighted by Gasteiger charge is 2.24. The Hall–Kier alpha value is -1.09. The minimum Gasteiger partial charge on any atom is -0.371 e. The standard InChI is InChI=1S/C14H21FN2/c1-3-16-10-12-13(15)8-5-9-14(12)17(2)11-6-4-7-11/h5,8-9,11,16H,3-4,6-7,10H2,1-2H3. The first-order valence-corrected chi connectivity index (χ1v) is 6.45. The summed E-state index contributed by atoms with van der Waals surface area (Å²) in [4.78, 5) is 2.24. The predicted molar refractivity (Wildman–Crippen MR) is 69.8 cm³/mol. The van der Waals surface area contributed by atoms with Gasteiger partial charge in [0.2, 0.25) is 0 Å². The molecule has 1 aliphatic rings. The second-order valence-electron chi connectivity index (χ2n) is 4.71. The summed E-state index contributed by atoms with van der Waals surface area (Å²) in [5.74, 6) is -0.102. The highest BCUT2D eigenvalue weighted by Crippen LogP contribution is 2.31. The monoisotopic (exact) mass is 236 g/mol. The van der Waals surface area contributed by atoms with Crippen molar-refractivity contribution in [1.29, 1.82) is 0 Å². The fraction of sp³-hybridized carbons (Fsp3) is 0.571. The Kier molecular flexibility index (Phi) is 4.00. The number of nitrogens with zero attached hydrogens (tertiary/aromatic N) is 1. The van der Waals surface area contributed by atoms with Crippen molar-refractivity contribution in [2.45, 2.75) is 38.8 Å². The third kappa shape index (κ3) is 2.60. The predicted octanol–water partition coefficient (Wildman–Crippen LogP) is 2.92. The van der Waals surface area contributed by atoms with Crippen LogP contribution in [0.25, 0.3) is 0 Å². The molecule has 94 valence electrons. The van der Waals surface area contributed by atoms with E-state index in [1.54, 1.807) is 12.1 Å². The van der Waals surface area contributed by atoms with Gasteiger partial charge in [0, 0.05) is 30.9 Å². The van der Waals surface area contributed by atoms with Crippen molar-refractivity contribution >= 4 is 5.69 Å². The van der Waals surface area contributed by atoms with Crippen LogP contribution in [0.2, 0.25) is 0 Å². The maximum Gasteiger partial charge on any atom is 0.129 e. The van der Waals surface area contributed by atoms with Crippen molar-refractivity contribution in [3.05, 3.63) is 29.6 Å². The van der Waals surface area contributed by atoms with Gasteiger partial charge >= 0.3 is 0 Å². The number of hydrogen-bond donors (Lipinski definition) is 1. The molecule has 0 heterocycles. The van der Waals surface area contributed by atoms with Crippen molar-refractivity contribution in [1.82, 2.24) is 5.32 Å². The molecule has 3 heteroatoms. The molecule has 0 aromatic heterocycles. The van der Waals surface area contributed by atoms with Crippen LogP contribution < -0.4 is 10.2 Å². The van der Waals surface area contributed by atoms with E-state index in [2.05, 4.69) is 17.3 Å². The van der Waals surface area contributed by atoms with Gasteiger partial charge in [0.25, 0.3) is 0 Å². The molecule has 17 heavy (non-hydrogen) atoms. The molecule has 2 nitrogen and oxygen atoms in total. The lowest BCUT2D eigenvalue weighted by Gasteiger charge is -2.37. The molecule has 1 N–H and O–H groups in total. The normalized spacial score (nSPS) is 15.7. The molecule has 1 aliphatic carbocycles. The molecule has 0 spiro atoms. The summed E-state index contributed by atoms with van der Waals surface area (Å²) in [6.07, 6.45) is 3.76. The third-order valence-corrected chi connectivity index (χ3v) is 3.65. The van der Waals surface area contributed by atoms with E-state index in [-0.39, 0.29) is 5.82 Å². The summed E-state index contributed by atoms with van der Waals surface area (Å²) < 4.78 is 13.9. The van der Waals surface area contributed by atoms with E-state index in [4.69, 9.17) is 0 Å². The Morgan fingerprint density at radius 1 is 1.41 bits per heavy atom. The first kappa shape index (κ1) is 12.4. The van der Waals surface area contributed by atoms with Gasteiger partial charge in [-0.3, -0.25) is 0 Å². The topological polar surface area (TPSA) is 15.3 Å². The van der Waals surface area contributed by atoms with Crippen LogP contribution in [-0.2, 0) is 6.54 Å². The van der Waals surface area contributed by atoms with Gasteiger partial charge in [-0.1, -0.05) is 13.0 Å². The van der Waals surface area contributed by atoms with Gasteiger partial charge in [-0.25, -0.2) is 4.39 Å². The highest BCUT2D eigenvalue weighted by atomic mass is 19.1. The van der Waals surface area contributed by atoms with Crippen LogP contribution in [0.3, 0.4) is 0 Å². The fourth-order valence-electron chi connectivity index (χ4n) is 2.27. The van der Waals surface area contributed by atoms with Gasteiger partial charge in [-0.15, -0.1) is 0 Å². The van der Waals surface area contributed by atoms with Crippen molar-refractivity contribution < 1.29 is 4.39 Å². The third-order valence-electron chi connectivity index (χ3n) is 3.65. The minimum absolute atomic E-state index is 0.102. The molecule has 1 aromatic carbocycles. The maximum atomic E-state index is 13.9. The van der Waals surface area contributed by atoms with Crippen molar-refractivity contribution in [3.63, 3.8) is 0 Å². The van der Waals surface area contributed by atoms with Crippen LogP contribution >= 0.6 is 0 Å². The minimum atomic E-state index is -0.102. The Morgan fingerprint density at radius 3 is 2.76 bits per heavy atom. The van der Waals surface area contributed by atoms with Gasteiger partial charge in [-0.2, -0.15) is 0 Å². The van der Waals surface area contributed by atoms with Crippen LogP contribution in [0.1, 0.15) is 31.7 Å². The van der Waals surface area contributed by atoms with E-state index in [0.29, 0.717) is 12.6 Å². The quantitative estimate of drug-likeness (QED) is 0.845. The summed E-state index contributed by atoms with van der Waals surface area (Å²) in [5.41, 5.74) is 1.83. The molecule has 0 radical (unpaired) electrons. The first-order valence-electron chi connectivity index (χ1n) is 6.45. The molecular weight excluding hydrogens is 215 g/mol. The van der Waals surface area contributed by atoms with Crippen LogP contribution in [0, 0.1) is 5.82 Å². The SMILES string of the molecule is CCNCc1c(F)cccc1N(C)C1CCC1. The number of halogens is 1. The van der Waals surface area contributed by atoms with E-state index >= 15 is 0 Å². The number of benzene rings is 1. The molecule has 1 fully saturated rings. The number of nitrogens with one attached hydrogen (secondary N) is 1. The summed E-state index contributed by atoms with van der Waals surface area (Å²) in [6, 6.07) is 5.96. The molecule has 0 saturated heterocycles. The summed E-state index contributed by atoms with van der Waals surface area (Å²) in [7, 11) is 2.08. The Labute approximate surface area is 103 Å². The largest absolute Gasteiger partial charge is 0.371 e. The van der Waals surface area contributed by atoms with Gasteiger partial charge in [0.1, 0.15) is 5.82 Å². The van der Waals surface area contributed by atoms with E-state index < -0.39 is 0 Å². The van der Waals surface area contributed by atoms with Crippen molar-refractivity contribution in [3.8, 4) is 0 Å². The number of anilines is 1. The maximum absolute atomic E-state index is 13.9. The lowest BCUT2D eigenvalue weighted by molar-refractivity contribution is 0.400. The average Bonchev–Trinajstić information content (AvgIpc) is 2.24. The second kappa shape index (κ2) is 5.50. The summed E-state index contributed by atoms with van der Waals surface area (Å²) in [5, 5.41) is 3.21. The van der Waals surface area contributed by atoms with Crippen molar-refractivity contribution in [2.24, 2.45) is 0 Å². The Balaban J connectivity index is 2.21. The van der Waals surface area contributed by atoms with Gasteiger partial charge in [0.05, 0.1) is 0 Å². The number of hydrogen-bond acceptors (Lipinski definition) is 2. The van der Waals surface area contributed by atoms with E-state index in [9.17, 15) is 4.39 Å². The smallest absolute Gasteiger partial charge is 0.129 e. The first-order chi connectivity index (χ1) is 8.24. The molecular formula is C14H21FN2. The van der Waals surface area contributed by atoms with E-state index in [1.807, 2.05) is 13.0 Å². The fourth-order valence-corrected chi connectivity index (χ4v) is 2.27. The molecule has 1 saturated carbocycles. The lowest BCUT2D eigenvalue weighted by atomic mass is 9.91. The lowest BCUT2D eigenvalue weighted by Crippen LogP contribution is -2.38. The molecule has 0 amide bonds. The van der Waals surface area contributed by atoms with Gasteiger partial charge in [-0.05, 0) is 37.9 Å². The average molecular weight is 236 g/mol. The molecule has 0 atom stereocenters. The molecule has 0 unspecified atom stereocenters. The molecule has 2 rings (SSSR count). The van der Waals surface area contributed by atoms with Gasteiger partial charge in [0.15, 0.2) is 0 Å². The number of rotatable bonds is 5. The van der Waals surface area contributed by atoms with Crippen LogP contribution in [-0.4, -0.2) is 19.6 Å². The zero-order valence-electron chi connectivity index (χ0n) is 10.7.